The van der Waals surface area contributed by atoms with Gasteiger partial charge in [-0.15, -0.1) is 0 Å². The Morgan fingerprint density at radius 3 is 2.64 bits per heavy atom. The van der Waals surface area contributed by atoms with Crippen LogP contribution in [0.3, 0.4) is 0 Å². The zero-order chi connectivity index (χ0) is 18.4. The van der Waals surface area contributed by atoms with Crippen LogP contribution >= 0.6 is 0 Å². The molecule has 3 aliphatic rings. The van der Waals surface area contributed by atoms with Crippen LogP contribution in [0, 0.1) is 5.41 Å². The van der Waals surface area contributed by atoms with Crippen LogP contribution in [0.4, 0.5) is 10.6 Å². The second kappa shape index (κ2) is 5.72. The van der Waals surface area contributed by atoms with E-state index < -0.39 is 23.0 Å². The van der Waals surface area contributed by atoms with E-state index in [0.717, 1.165) is 0 Å². The van der Waals surface area contributed by atoms with Crippen LogP contribution in [-0.2, 0) is 9.53 Å². The molecule has 8 nitrogen and oxygen atoms in total. The van der Waals surface area contributed by atoms with Gasteiger partial charge in [-0.25, -0.2) is 9.78 Å². The molecule has 3 fully saturated rings. The highest BCUT2D eigenvalue weighted by Crippen LogP contribution is 2.52. The number of anilines is 1. The highest BCUT2D eigenvalue weighted by Gasteiger charge is 2.61. The number of ether oxygens (including phenoxy) is 1. The van der Waals surface area contributed by atoms with E-state index in [1.807, 2.05) is 0 Å². The fourth-order valence-corrected chi connectivity index (χ4v) is 3.38. The molecule has 2 bridgehead atoms. The fraction of sp³-hybridized carbons (Fsp3) is 0.529. The van der Waals surface area contributed by atoms with Crippen molar-refractivity contribution in [3.8, 4) is 0 Å². The van der Waals surface area contributed by atoms with E-state index in [1.165, 1.54) is 12.3 Å². The summed E-state index contributed by atoms with van der Waals surface area (Å²) in [5.41, 5.74) is 4.23. The first kappa shape index (κ1) is 17.2. The number of rotatable bonds is 3. The first-order chi connectivity index (χ1) is 11.6. The summed E-state index contributed by atoms with van der Waals surface area (Å²) in [5, 5.41) is 2.69. The number of fused-ring (bicyclic) bond motifs is 1. The van der Waals surface area contributed by atoms with E-state index >= 15 is 0 Å². The molecular formula is C17H22N4O4. The zero-order valence-corrected chi connectivity index (χ0v) is 14.5. The lowest BCUT2D eigenvalue weighted by molar-refractivity contribution is -0.127. The molecule has 1 aromatic rings. The molecular weight excluding hydrogens is 324 g/mol. The topological polar surface area (TPSA) is 115 Å². The molecule has 1 aromatic heterocycles. The summed E-state index contributed by atoms with van der Waals surface area (Å²) < 4.78 is 5.39. The smallest absolute Gasteiger partial charge is 0.410 e. The molecule has 3 amide bonds. The summed E-state index contributed by atoms with van der Waals surface area (Å²) in [6.45, 7) is 5.72. The van der Waals surface area contributed by atoms with Crippen molar-refractivity contribution >= 4 is 23.7 Å². The van der Waals surface area contributed by atoms with E-state index in [4.69, 9.17) is 10.5 Å². The van der Waals surface area contributed by atoms with Gasteiger partial charge in [0.1, 0.15) is 11.4 Å². The van der Waals surface area contributed by atoms with Crippen molar-refractivity contribution in [2.75, 3.05) is 11.9 Å². The third-order valence-electron chi connectivity index (χ3n) is 4.58. The van der Waals surface area contributed by atoms with Gasteiger partial charge in [0.05, 0.1) is 11.0 Å². The zero-order valence-electron chi connectivity index (χ0n) is 14.5. The third kappa shape index (κ3) is 3.16. The van der Waals surface area contributed by atoms with Gasteiger partial charge in [-0.3, -0.25) is 9.59 Å². The second-order valence-corrected chi connectivity index (χ2v) is 7.67. The standard InChI is InChI=1S/C17H22N4O4/c1-16(2,3)25-15(24)21-9-17(7-10(21)8-17)14(23)20-13-11(12(18)22)5-4-6-19-13/h4-6,10H,7-9H2,1-3H3,(H2,18,22)(H,19,20,23). The second-order valence-electron chi connectivity index (χ2n) is 7.67. The maximum atomic E-state index is 12.7. The van der Waals surface area contributed by atoms with Gasteiger partial charge in [0.2, 0.25) is 5.91 Å². The van der Waals surface area contributed by atoms with Crippen LogP contribution < -0.4 is 11.1 Å². The van der Waals surface area contributed by atoms with Crippen molar-refractivity contribution in [2.45, 2.75) is 45.3 Å². The summed E-state index contributed by atoms with van der Waals surface area (Å²) in [5.74, 6) is -0.765. The average Bonchev–Trinajstić information content (AvgIpc) is 3.02. The number of hydrogen-bond donors (Lipinski definition) is 2. The number of nitrogens with two attached hydrogens (primary N) is 1. The van der Waals surface area contributed by atoms with Gasteiger partial charge in [-0.1, -0.05) is 0 Å². The minimum Gasteiger partial charge on any atom is -0.444 e. The molecule has 134 valence electrons. The molecule has 2 aliphatic heterocycles. The van der Waals surface area contributed by atoms with Crippen molar-refractivity contribution in [3.05, 3.63) is 23.9 Å². The summed E-state index contributed by atoms with van der Waals surface area (Å²) >= 11 is 0. The van der Waals surface area contributed by atoms with Crippen molar-refractivity contribution in [3.63, 3.8) is 0 Å². The molecule has 0 atom stereocenters. The quantitative estimate of drug-likeness (QED) is 0.861. The monoisotopic (exact) mass is 346 g/mol. The van der Waals surface area contributed by atoms with Gasteiger partial charge in [-0.05, 0) is 45.7 Å². The number of nitrogens with zero attached hydrogens (tertiary/aromatic N) is 2. The Labute approximate surface area is 145 Å². The lowest BCUT2D eigenvalue weighted by atomic mass is 9.69. The van der Waals surface area contributed by atoms with Crippen molar-refractivity contribution in [1.29, 1.82) is 0 Å². The molecule has 1 aliphatic carbocycles. The summed E-state index contributed by atoms with van der Waals surface area (Å²) in [4.78, 5) is 42.1. The van der Waals surface area contributed by atoms with Crippen LogP contribution in [0.1, 0.15) is 44.0 Å². The SMILES string of the molecule is CC(C)(C)OC(=O)N1CC2(C(=O)Nc3ncccc3C(N)=O)CC1C2. The normalized spacial score (nSPS) is 24.4. The molecule has 0 spiro atoms. The fourth-order valence-electron chi connectivity index (χ4n) is 3.38. The summed E-state index contributed by atoms with van der Waals surface area (Å²) in [7, 11) is 0. The summed E-state index contributed by atoms with van der Waals surface area (Å²) in [6, 6.07) is 3.10. The largest absolute Gasteiger partial charge is 0.444 e. The van der Waals surface area contributed by atoms with Gasteiger partial charge in [0.25, 0.3) is 5.91 Å². The molecule has 0 aromatic carbocycles. The predicted octanol–water partition coefficient (Wildman–Crippen LogP) is 1.52. The Morgan fingerprint density at radius 2 is 2.04 bits per heavy atom. The van der Waals surface area contributed by atoms with E-state index in [1.54, 1.807) is 31.7 Å². The lowest BCUT2D eigenvalue weighted by Gasteiger charge is -2.35. The van der Waals surface area contributed by atoms with Gasteiger partial charge >= 0.3 is 6.09 Å². The first-order valence-corrected chi connectivity index (χ1v) is 8.17. The predicted molar refractivity (Wildman–Crippen MR) is 89.8 cm³/mol. The number of primary amides is 1. The van der Waals surface area contributed by atoms with Gasteiger partial charge in [-0.2, -0.15) is 0 Å². The molecule has 3 heterocycles. The van der Waals surface area contributed by atoms with Crippen LogP contribution in [0.25, 0.3) is 0 Å². The van der Waals surface area contributed by atoms with E-state index in [9.17, 15) is 14.4 Å². The average molecular weight is 346 g/mol. The van der Waals surface area contributed by atoms with Crippen molar-refractivity contribution in [1.82, 2.24) is 9.88 Å². The number of carbonyl (C=O) groups is 3. The van der Waals surface area contributed by atoms with Crippen LogP contribution in [0.2, 0.25) is 0 Å². The minimum absolute atomic E-state index is 0.0138. The van der Waals surface area contributed by atoms with Crippen LogP contribution in [0.5, 0.6) is 0 Å². The molecule has 0 radical (unpaired) electrons. The number of nitrogens with one attached hydrogen (secondary N) is 1. The Balaban J connectivity index is 1.70. The molecule has 2 saturated heterocycles. The third-order valence-corrected chi connectivity index (χ3v) is 4.58. The molecule has 0 unspecified atom stereocenters. The van der Waals surface area contributed by atoms with Crippen molar-refractivity contribution < 1.29 is 19.1 Å². The molecule has 25 heavy (non-hydrogen) atoms. The maximum absolute atomic E-state index is 12.7. The van der Waals surface area contributed by atoms with E-state index in [2.05, 4.69) is 10.3 Å². The first-order valence-electron chi connectivity index (χ1n) is 8.17. The molecule has 4 rings (SSSR count). The van der Waals surface area contributed by atoms with Crippen LogP contribution in [0.15, 0.2) is 18.3 Å². The highest BCUT2D eigenvalue weighted by atomic mass is 16.6. The Kier molecular flexibility index (Phi) is 3.93. The number of pyridine rings is 1. The highest BCUT2D eigenvalue weighted by molar-refractivity contribution is 6.04. The number of amides is 3. The number of carbonyl (C=O) groups excluding carboxylic acids is 3. The van der Waals surface area contributed by atoms with Gasteiger partial charge < -0.3 is 20.7 Å². The van der Waals surface area contributed by atoms with Gasteiger partial charge in [0.15, 0.2) is 0 Å². The van der Waals surface area contributed by atoms with Crippen LogP contribution in [-0.4, -0.2) is 46.0 Å². The molecule has 3 N–H and O–H groups in total. The van der Waals surface area contributed by atoms with E-state index in [0.29, 0.717) is 19.4 Å². The Morgan fingerprint density at radius 1 is 1.36 bits per heavy atom. The molecule has 8 heteroatoms. The Hall–Kier alpha value is -2.64. The summed E-state index contributed by atoms with van der Waals surface area (Å²) in [6.07, 6.45) is 2.24. The maximum Gasteiger partial charge on any atom is 0.410 e. The molecule has 1 saturated carbocycles. The van der Waals surface area contributed by atoms with Crippen molar-refractivity contribution in [2.24, 2.45) is 11.1 Å². The number of hydrogen-bond acceptors (Lipinski definition) is 5. The minimum atomic E-state index is -0.659. The Bertz CT molecular complexity index is 734. The van der Waals surface area contributed by atoms with E-state index in [-0.39, 0.29) is 23.3 Å². The lowest BCUT2D eigenvalue weighted by Crippen LogP contribution is -2.44. The number of aromatic nitrogens is 1. The van der Waals surface area contributed by atoms with Gasteiger partial charge in [0, 0.05) is 18.8 Å².